The Kier molecular flexibility index (Phi) is 13.0. The number of nitrogens with zero attached hydrogens (tertiary/aromatic N) is 1. The number of carbonyl (C=O) groups is 2. The fourth-order valence-corrected chi connectivity index (χ4v) is 2.39. The van der Waals surface area contributed by atoms with Gasteiger partial charge in [-0.1, -0.05) is 26.6 Å². The maximum Gasteiger partial charge on any atom is 0.330 e. The number of nitrogens with one attached hydrogen (secondary N) is 2. The van der Waals surface area contributed by atoms with Crippen LogP contribution in [0.5, 0.6) is 0 Å². The molecule has 144 valence electrons. The van der Waals surface area contributed by atoms with Gasteiger partial charge in [0.15, 0.2) is 0 Å². The molecule has 1 unspecified atom stereocenters. The highest BCUT2D eigenvalue weighted by Gasteiger charge is 2.18. The van der Waals surface area contributed by atoms with Gasteiger partial charge in [-0.25, -0.2) is 0 Å². The summed E-state index contributed by atoms with van der Waals surface area (Å²) in [5, 5.41) is 13.8. The highest BCUT2D eigenvalue weighted by Crippen LogP contribution is 2.34. The fourth-order valence-electron chi connectivity index (χ4n) is 1.68. The average molecular weight is 377 g/mol. The van der Waals surface area contributed by atoms with Gasteiger partial charge in [-0.15, -0.1) is 0 Å². The van der Waals surface area contributed by atoms with Crippen molar-refractivity contribution in [3.63, 3.8) is 0 Å². The molecule has 0 rings (SSSR count). The third-order valence-electron chi connectivity index (χ3n) is 3.02. The molecule has 9 heteroatoms. The molecular formula is C16H30N3O5P. The quantitative estimate of drug-likeness (QED) is 0.297. The monoisotopic (exact) mass is 377 g/mol. The van der Waals surface area contributed by atoms with E-state index in [1.807, 2.05) is 6.07 Å². The molecule has 1 atom stereocenters. The van der Waals surface area contributed by atoms with Crippen molar-refractivity contribution < 1.29 is 26.3 Å². The molecule has 0 aliphatic carbocycles. The van der Waals surface area contributed by atoms with Gasteiger partial charge in [0.1, 0.15) is 6.10 Å². The number of rotatable bonds is 15. The van der Waals surface area contributed by atoms with Crippen molar-refractivity contribution in [2.24, 2.45) is 0 Å². The highest BCUT2D eigenvalue weighted by atomic mass is 31.2. The summed E-state index contributed by atoms with van der Waals surface area (Å²) >= 11 is 0. The molecule has 0 bridgehead atoms. The molecule has 2 amide bonds. The van der Waals surface area contributed by atoms with E-state index < -0.39 is 14.7 Å². The first-order valence-electron chi connectivity index (χ1n) is 9.72. The molecule has 0 heterocycles. The second-order valence-electron chi connectivity index (χ2n) is 5.23. The predicted octanol–water partition coefficient (Wildman–Crippen LogP) is 2.13. The summed E-state index contributed by atoms with van der Waals surface area (Å²) in [5.74, 6) is -0.377. The minimum atomic E-state index is -2.22. The van der Waals surface area contributed by atoms with Crippen LogP contribution in [-0.4, -0.2) is 42.5 Å². The number of hydrogen-bond donors (Lipinski definition) is 3. The lowest BCUT2D eigenvalue weighted by Crippen LogP contribution is -2.41. The average Bonchev–Trinajstić information content (AvgIpc) is 2.64. The van der Waals surface area contributed by atoms with Gasteiger partial charge in [0.2, 0.25) is 11.8 Å². The number of unbranched alkanes of at least 4 members (excludes halogenated alkanes) is 2. The predicted molar refractivity (Wildman–Crippen MR) is 95.3 cm³/mol. The topological polar surface area (TPSA) is 121 Å². The molecule has 3 N–H and O–H groups in total. The van der Waals surface area contributed by atoms with E-state index in [0.29, 0.717) is 38.5 Å². The van der Waals surface area contributed by atoms with Crippen LogP contribution in [0.15, 0.2) is 0 Å². The lowest BCUT2D eigenvalue weighted by molar-refractivity contribution is -0.121. The second kappa shape index (κ2) is 16.2. The molecule has 0 saturated heterocycles. The molecule has 0 aromatic rings. The Bertz CT molecular complexity index is 428. The van der Waals surface area contributed by atoms with Gasteiger partial charge >= 0.3 is 8.60 Å². The lowest BCUT2D eigenvalue weighted by atomic mass is 10.2. The summed E-state index contributed by atoms with van der Waals surface area (Å²) in [6.45, 7) is 0.770. The molecule has 0 aliphatic heterocycles. The highest BCUT2D eigenvalue weighted by molar-refractivity contribution is 7.40. The summed E-state index contributed by atoms with van der Waals surface area (Å²) < 4.78 is 24.5. The van der Waals surface area contributed by atoms with Gasteiger partial charge in [-0.2, -0.15) is 5.26 Å². The van der Waals surface area contributed by atoms with Gasteiger partial charge < -0.3 is 24.6 Å². The summed E-state index contributed by atoms with van der Waals surface area (Å²) in [4.78, 5) is 33.3. The van der Waals surface area contributed by atoms with Gasteiger partial charge in [0, 0.05) is 28.7 Å². The summed E-state index contributed by atoms with van der Waals surface area (Å²) in [6.07, 6.45) is 2.59. The number of nitriles is 1. The van der Waals surface area contributed by atoms with Crippen molar-refractivity contribution >= 4 is 20.4 Å². The third-order valence-corrected chi connectivity index (χ3v) is 3.90. The summed E-state index contributed by atoms with van der Waals surface area (Å²) in [5.41, 5.74) is 0. The maximum atomic E-state index is 11.8. The van der Waals surface area contributed by atoms with E-state index in [4.69, 9.17) is 17.1 Å². The van der Waals surface area contributed by atoms with Crippen LogP contribution in [0.2, 0.25) is 0 Å². The summed E-state index contributed by atoms with van der Waals surface area (Å²) in [6, 6.07) is 1.88. The van der Waals surface area contributed by atoms with Crippen LogP contribution in [-0.2, 0) is 18.6 Å². The Labute approximate surface area is 154 Å². The van der Waals surface area contributed by atoms with Crippen molar-refractivity contribution in [2.75, 3.05) is 19.7 Å². The van der Waals surface area contributed by atoms with E-state index in [-0.39, 0.29) is 51.7 Å². The number of amides is 2. The lowest BCUT2D eigenvalue weighted by Gasteiger charge is -2.21. The molecule has 0 aliphatic rings. The molecule has 8 nitrogen and oxygen atoms in total. The Morgan fingerprint density at radius 2 is 1.76 bits per heavy atom. The molecule has 0 aromatic heterocycles. The first-order valence-corrected chi connectivity index (χ1v) is 9.44. The van der Waals surface area contributed by atoms with E-state index in [1.165, 1.54) is 0 Å². The van der Waals surface area contributed by atoms with E-state index in [9.17, 15) is 14.5 Å². The number of hydrogen-bond acceptors (Lipinski definition) is 6. The zero-order chi connectivity index (χ0) is 20.3. The molecule has 25 heavy (non-hydrogen) atoms. The van der Waals surface area contributed by atoms with Crippen molar-refractivity contribution in [1.82, 2.24) is 10.6 Å². The van der Waals surface area contributed by atoms with Crippen LogP contribution < -0.4 is 10.6 Å². The standard InChI is InChI=1S/C16H30N3O5P/c1-3-5-8-15(20)18-12-14(13-19-16(21)9-6-4-2)24-25(22)23-11-7-10-17/h14,22H,3-9,11-13H2,1-2H3,(H,18,20)(H,19,21)/i1D,2D. The van der Waals surface area contributed by atoms with Gasteiger partial charge in [-0.05, 0) is 12.8 Å². The SMILES string of the molecule is [2H]CCCCC(=O)NCC(CNC(=O)CCCC[2H])OP(O)OCCC#N. The Balaban J connectivity index is 4.36. The van der Waals surface area contributed by atoms with Crippen LogP contribution in [0.3, 0.4) is 0 Å². The van der Waals surface area contributed by atoms with Crippen LogP contribution >= 0.6 is 8.60 Å². The summed E-state index contributed by atoms with van der Waals surface area (Å²) in [7, 11) is -2.22. The largest absolute Gasteiger partial charge is 0.353 e. The fraction of sp³-hybridized carbons (Fsp3) is 0.812. The second-order valence-corrected chi connectivity index (χ2v) is 6.17. The Morgan fingerprint density at radius 1 is 1.20 bits per heavy atom. The van der Waals surface area contributed by atoms with E-state index in [1.54, 1.807) is 0 Å². The van der Waals surface area contributed by atoms with Gasteiger partial charge in [0.25, 0.3) is 0 Å². The normalized spacial score (nSPS) is 12.8. The van der Waals surface area contributed by atoms with Crippen LogP contribution in [0.4, 0.5) is 0 Å². The first kappa shape index (κ1) is 20.1. The first-order chi connectivity index (χ1) is 13.0. The van der Waals surface area contributed by atoms with Gasteiger partial charge in [-0.3, -0.25) is 9.59 Å². The number of carbonyl (C=O) groups excluding carboxylic acids is 2. The van der Waals surface area contributed by atoms with E-state index >= 15 is 0 Å². The smallest absolute Gasteiger partial charge is 0.330 e. The molecule has 0 saturated carbocycles. The van der Waals surface area contributed by atoms with Crippen molar-refractivity contribution in [1.29, 1.82) is 5.26 Å². The zero-order valence-corrected chi connectivity index (χ0v) is 15.4. The van der Waals surface area contributed by atoms with Crippen LogP contribution in [0.25, 0.3) is 0 Å². The van der Waals surface area contributed by atoms with Crippen molar-refractivity contribution in [2.45, 2.75) is 64.8 Å². The molecule has 0 fully saturated rings. The molecule has 0 aromatic carbocycles. The van der Waals surface area contributed by atoms with E-state index in [0.717, 1.165) is 0 Å². The zero-order valence-electron chi connectivity index (χ0n) is 16.5. The van der Waals surface area contributed by atoms with Crippen molar-refractivity contribution in [3.05, 3.63) is 0 Å². The maximum absolute atomic E-state index is 11.8. The van der Waals surface area contributed by atoms with Crippen LogP contribution in [0.1, 0.15) is 61.5 Å². The Morgan fingerprint density at radius 3 is 2.24 bits per heavy atom. The minimum Gasteiger partial charge on any atom is -0.353 e. The van der Waals surface area contributed by atoms with Gasteiger partial charge in [0.05, 0.1) is 19.1 Å². The minimum absolute atomic E-state index is 0.0321. The van der Waals surface area contributed by atoms with Crippen LogP contribution in [0, 0.1) is 11.3 Å². The molecule has 0 radical (unpaired) electrons. The van der Waals surface area contributed by atoms with Crippen molar-refractivity contribution in [3.8, 4) is 6.07 Å². The molecule has 0 spiro atoms. The molecular weight excluding hydrogens is 345 g/mol. The Hall–Kier alpha value is -1.26. The van der Waals surface area contributed by atoms with E-state index in [2.05, 4.69) is 10.6 Å². The third kappa shape index (κ3) is 14.8.